The maximum atomic E-state index is 9.11. The van der Waals surface area contributed by atoms with Gasteiger partial charge in [0.05, 0.1) is 11.3 Å². The molecule has 0 aromatic heterocycles. The molecule has 0 unspecified atom stereocenters. The molecule has 0 radical (unpaired) electrons. The summed E-state index contributed by atoms with van der Waals surface area (Å²) in [6.45, 7) is 4.16. The highest BCUT2D eigenvalue weighted by Gasteiger charge is 2.03. The van der Waals surface area contributed by atoms with Crippen molar-refractivity contribution in [3.8, 4) is 6.07 Å². The van der Waals surface area contributed by atoms with Crippen molar-refractivity contribution in [3.63, 3.8) is 0 Å². The topological polar surface area (TPSA) is 35.8 Å². The minimum Gasteiger partial charge on any atom is -0.354 e. The van der Waals surface area contributed by atoms with Gasteiger partial charge in [0.1, 0.15) is 6.07 Å². The van der Waals surface area contributed by atoms with Crippen LogP contribution in [0.15, 0.2) is 40.9 Å². The van der Waals surface area contributed by atoms with Crippen molar-refractivity contribution >= 4 is 27.3 Å². The molecule has 2 nitrogen and oxygen atoms in total. The van der Waals surface area contributed by atoms with Gasteiger partial charge >= 0.3 is 0 Å². The van der Waals surface area contributed by atoms with E-state index in [1.807, 2.05) is 24.3 Å². The summed E-state index contributed by atoms with van der Waals surface area (Å²) in [4.78, 5) is 0. The third-order valence-electron chi connectivity index (χ3n) is 2.89. The third kappa shape index (κ3) is 2.72. The molecule has 0 fully saturated rings. The predicted molar refractivity (Wildman–Crippen MR) is 78.1 cm³/mol. The van der Waals surface area contributed by atoms with Gasteiger partial charge in [0, 0.05) is 10.2 Å². The van der Waals surface area contributed by atoms with Gasteiger partial charge < -0.3 is 5.32 Å². The number of nitriles is 1. The summed E-state index contributed by atoms with van der Waals surface area (Å²) in [5.41, 5.74) is 4.94. The fraction of sp³-hybridized carbons (Fsp3) is 0.133. The second-order valence-electron chi connectivity index (χ2n) is 4.23. The average molecular weight is 301 g/mol. The van der Waals surface area contributed by atoms with Gasteiger partial charge in [-0.1, -0.05) is 22.0 Å². The molecule has 3 heteroatoms. The van der Waals surface area contributed by atoms with Gasteiger partial charge in [-0.3, -0.25) is 0 Å². The number of aryl methyl sites for hydroxylation is 2. The lowest BCUT2D eigenvalue weighted by Gasteiger charge is -2.10. The van der Waals surface area contributed by atoms with Crippen molar-refractivity contribution in [2.75, 3.05) is 5.32 Å². The Morgan fingerprint density at radius 3 is 2.50 bits per heavy atom. The average Bonchev–Trinajstić information content (AvgIpc) is 2.36. The monoisotopic (exact) mass is 300 g/mol. The molecular formula is C15H13BrN2. The number of hydrogen-bond donors (Lipinski definition) is 1. The Morgan fingerprint density at radius 1 is 1.06 bits per heavy atom. The Hall–Kier alpha value is -1.79. The molecule has 90 valence electrons. The fourth-order valence-corrected chi connectivity index (χ4v) is 2.05. The molecule has 1 N–H and O–H groups in total. The molecule has 2 aromatic carbocycles. The molecule has 2 aromatic rings. The number of rotatable bonds is 2. The van der Waals surface area contributed by atoms with Crippen LogP contribution in [0.25, 0.3) is 0 Å². The van der Waals surface area contributed by atoms with Gasteiger partial charge in [-0.2, -0.15) is 5.26 Å². The van der Waals surface area contributed by atoms with Crippen molar-refractivity contribution < 1.29 is 0 Å². The van der Waals surface area contributed by atoms with Crippen molar-refractivity contribution in [1.82, 2.24) is 0 Å². The Balaban J connectivity index is 2.34. The van der Waals surface area contributed by atoms with E-state index in [9.17, 15) is 0 Å². The number of halogens is 1. The zero-order valence-corrected chi connectivity index (χ0v) is 11.9. The Kier molecular flexibility index (Phi) is 3.69. The van der Waals surface area contributed by atoms with E-state index < -0.39 is 0 Å². The summed E-state index contributed by atoms with van der Waals surface area (Å²) in [6.07, 6.45) is 0. The van der Waals surface area contributed by atoms with Gasteiger partial charge in [-0.25, -0.2) is 0 Å². The largest absolute Gasteiger partial charge is 0.354 e. The third-order valence-corrected chi connectivity index (χ3v) is 3.38. The van der Waals surface area contributed by atoms with E-state index in [1.165, 1.54) is 11.1 Å². The van der Waals surface area contributed by atoms with E-state index in [1.54, 1.807) is 0 Å². The standard InChI is InChI=1S/C15H13BrN2/c1-10-3-5-14(7-11(10)2)18-15-6-4-13(16)8-12(15)9-17/h3-8,18H,1-2H3. The summed E-state index contributed by atoms with van der Waals surface area (Å²) in [7, 11) is 0. The summed E-state index contributed by atoms with van der Waals surface area (Å²) < 4.78 is 0.907. The van der Waals surface area contributed by atoms with Gasteiger partial charge in [0.2, 0.25) is 0 Å². The summed E-state index contributed by atoms with van der Waals surface area (Å²) in [5, 5.41) is 12.4. The number of anilines is 2. The van der Waals surface area contributed by atoms with E-state index in [0.29, 0.717) is 5.56 Å². The van der Waals surface area contributed by atoms with Crippen LogP contribution in [0.4, 0.5) is 11.4 Å². The van der Waals surface area contributed by atoms with Crippen LogP contribution >= 0.6 is 15.9 Å². The molecule has 0 aliphatic heterocycles. The minimum atomic E-state index is 0.627. The zero-order chi connectivity index (χ0) is 13.1. The fourth-order valence-electron chi connectivity index (χ4n) is 1.69. The molecule has 0 saturated heterocycles. The quantitative estimate of drug-likeness (QED) is 0.874. The molecule has 0 atom stereocenters. The highest BCUT2D eigenvalue weighted by atomic mass is 79.9. The molecular weight excluding hydrogens is 288 g/mol. The van der Waals surface area contributed by atoms with Crippen molar-refractivity contribution in [1.29, 1.82) is 5.26 Å². The van der Waals surface area contributed by atoms with Crippen LogP contribution in [0.3, 0.4) is 0 Å². The van der Waals surface area contributed by atoms with Crippen LogP contribution in [-0.4, -0.2) is 0 Å². The first-order valence-corrected chi connectivity index (χ1v) is 6.43. The van der Waals surface area contributed by atoms with E-state index >= 15 is 0 Å². The molecule has 0 heterocycles. The molecule has 18 heavy (non-hydrogen) atoms. The zero-order valence-electron chi connectivity index (χ0n) is 10.3. The van der Waals surface area contributed by atoms with E-state index in [2.05, 4.69) is 53.3 Å². The Labute approximate surface area is 115 Å². The smallest absolute Gasteiger partial charge is 0.101 e. The van der Waals surface area contributed by atoms with Crippen molar-refractivity contribution in [2.45, 2.75) is 13.8 Å². The molecule has 0 spiro atoms. The molecule has 0 aliphatic rings. The first-order chi connectivity index (χ1) is 8.60. The SMILES string of the molecule is Cc1ccc(Nc2ccc(Br)cc2C#N)cc1C. The lowest BCUT2D eigenvalue weighted by molar-refractivity contribution is 1.33. The maximum absolute atomic E-state index is 9.11. The van der Waals surface area contributed by atoms with Crippen molar-refractivity contribution in [3.05, 3.63) is 57.6 Å². The molecule has 0 aliphatic carbocycles. The normalized spacial score (nSPS) is 9.89. The molecule has 0 saturated carbocycles. The molecule has 2 rings (SSSR count). The summed E-state index contributed by atoms with van der Waals surface area (Å²) in [5.74, 6) is 0. The number of hydrogen-bond acceptors (Lipinski definition) is 2. The first kappa shape index (κ1) is 12.7. The van der Waals surface area contributed by atoms with Gasteiger partial charge in [0.15, 0.2) is 0 Å². The van der Waals surface area contributed by atoms with Crippen LogP contribution in [0, 0.1) is 25.2 Å². The Bertz CT molecular complexity index is 627. The second kappa shape index (κ2) is 5.24. The summed E-state index contributed by atoms with van der Waals surface area (Å²) >= 11 is 3.36. The van der Waals surface area contributed by atoms with Crippen LogP contribution in [0.1, 0.15) is 16.7 Å². The number of benzene rings is 2. The minimum absolute atomic E-state index is 0.627. The van der Waals surface area contributed by atoms with E-state index in [0.717, 1.165) is 15.8 Å². The number of nitrogens with zero attached hydrogens (tertiary/aromatic N) is 1. The van der Waals surface area contributed by atoms with Crippen LogP contribution in [-0.2, 0) is 0 Å². The lowest BCUT2D eigenvalue weighted by Crippen LogP contribution is -1.94. The van der Waals surface area contributed by atoms with E-state index in [4.69, 9.17) is 5.26 Å². The van der Waals surface area contributed by atoms with Crippen LogP contribution in [0.2, 0.25) is 0 Å². The maximum Gasteiger partial charge on any atom is 0.101 e. The first-order valence-electron chi connectivity index (χ1n) is 5.64. The van der Waals surface area contributed by atoms with Gasteiger partial charge in [-0.05, 0) is 55.3 Å². The molecule has 0 bridgehead atoms. The highest BCUT2D eigenvalue weighted by molar-refractivity contribution is 9.10. The Morgan fingerprint density at radius 2 is 1.83 bits per heavy atom. The predicted octanol–water partition coefficient (Wildman–Crippen LogP) is 4.68. The van der Waals surface area contributed by atoms with E-state index in [-0.39, 0.29) is 0 Å². The lowest BCUT2D eigenvalue weighted by atomic mass is 10.1. The second-order valence-corrected chi connectivity index (χ2v) is 5.14. The molecule has 0 amide bonds. The van der Waals surface area contributed by atoms with Gasteiger partial charge in [0.25, 0.3) is 0 Å². The van der Waals surface area contributed by atoms with Crippen LogP contribution < -0.4 is 5.32 Å². The van der Waals surface area contributed by atoms with Crippen molar-refractivity contribution in [2.24, 2.45) is 0 Å². The van der Waals surface area contributed by atoms with Gasteiger partial charge in [-0.15, -0.1) is 0 Å². The highest BCUT2D eigenvalue weighted by Crippen LogP contribution is 2.25. The summed E-state index contributed by atoms with van der Waals surface area (Å²) in [6, 6.07) is 14.0. The number of nitrogens with one attached hydrogen (secondary N) is 1. The van der Waals surface area contributed by atoms with Crippen LogP contribution in [0.5, 0.6) is 0 Å².